The lowest BCUT2D eigenvalue weighted by Gasteiger charge is -2.26. The van der Waals surface area contributed by atoms with Crippen LogP contribution in [0.3, 0.4) is 0 Å². The van der Waals surface area contributed by atoms with E-state index >= 15 is 0 Å². The standard InChI is InChI=1S/C18H25N3O2/c1-18(2,3)23-17(22)21-11-6-7-13(10-12-21)16-19-14-8-4-5-9-15(14)20-16/h4-5,8-9,13H,6-7,10-12H2,1-3H3,(H,19,20). The van der Waals surface area contributed by atoms with Crippen LogP contribution < -0.4 is 0 Å². The van der Waals surface area contributed by atoms with Crippen LogP contribution in [0, 0.1) is 0 Å². The van der Waals surface area contributed by atoms with E-state index in [9.17, 15) is 4.79 Å². The molecule has 0 radical (unpaired) electrons. The van der Waals surface area contributed by atoms with E-state index in [0.717, 1.165) is 49.2 Å². The molecule has 0 aliphatic carbocycles. The summed E-state index contributed by atoms with van der Waals surface area (Å²) in [6.45, 7) is 7.18. The first-order valence-corrected chi connectivity index (χ1v) is 8.35. The molecule has 124 valence electrons. The number of likely N-dealkylation sites (tertiary alicyclic amines) is 1. The number of aromatic nitrogens is 2. The Balaban J connectivity index is 1.67. The number of fused-ring (bicyclic) bond motifs is 1. The van der Waals surface area contributed by atoms with E-state index in [0.29, 0.717) is 5.92 Å². The van der Waals surface area contributed by atoms with Crippen LogP contribution in [-0.2, 0) is 4.74 Å². The number of nitrogens with one attached hydrogen (secondary N) is 1. The maximum atomic E-state index is 12.2. The molecule has 1 unspecified atom stereocenters. The first kappa shape index (κ1) is 15.8. The minimum Gasteiger partial charge on any atom is -0.444 e. The fourth-order valence-electron chi connectivity index (χ4n) is 3.04. The third-order valence-corrected chi connectivity index (χ3v) is 4.17. The number of carbonyl (C=O) groups excluding carboxylic acids is 1. The molecule has 0 bridgehead atoms. The monoisotopic (exact) mass is 315 g/mol. The highest BCUT2D eigenvalue weighted by atomic mass is 16.6. The summed E-state index contributed by atoms with van der Waals surface area (Å²) >= 11 is 0. The van der Waals surface area contributed by atoms with Gasteiger partial charge >= 0.3 is 6.09 Å². The zero-order valence-corrected chi connectivity index (χ0v) is 14.1. The van der Waals surface area contributed by atoms with Gasteiger partial charge in [0, 0.05) is 19.0 Å². The Labute approximate surface area is 137 Å². The SMILES string of the molecule is CC(C)(C)OC(=O)N1CCCC(c2nc3ccccc3[nH]2)CC1. The lowest BCUT2D eigenvalue weighted by molar-refractivity contribution is 0.0256. The number of hydrogen-bond donors (Lipinski definition) is 1. The van der Waals surface area contributed by atoms with Crippen LogP contribution in [0.25, 0.3) is 11.0 Å². The first-order valence-electron chi connectivity index (χ1n) is 8.35. The molecule has 1 amide bonds. The Morgan fingerprint density at radius 3 is 2.78 bits per heavy atom. The number of para-hydroxylation sites is 2. The van der Waals surface area contributed by atoms with Crippen molar-refractivity contribution >= 4 is 17.1 Å². The molecule has 2 heterocycles. The smallest absolute Gasteiger partial charge is 0.410 e. The van der Waals surface area contributed by atoms with Crippen LogP contribution in [-0.4, -0.2) is 39.7 Å². The third kappa shape index (κ3) is 3.84. The highest BCUT2D eigenvalue weighted by Gasteiger charge is 2.26. The van der Waals surface area contributed by atoms with Crippen molar-refractivity contribution in [1.82, 2.24) is 14.9 Å². The Morgan fingerprint density at radius 2 is 2.04 bits per heavy atom. The fourth-order valence-corrected chi connectivity index (χ4v) is 3.04. The van der Waals surface area contributed by atoms with Crippen molar-refractivity contribution in [1.29, 1.82) is 0 Å². The van der Waals surface area contributed by atoms with Crippen molar-refractivity contribution in [3.63, 3.8) is 0 Å². The van der Waals surface area contributed by atoms with Gasteiger partial charge in [-0.2, -0.15) is 0 Å². The number of imidazole rings is 1. The molecule has 5 heteroatoms. The van der Waals surface area contributed by atoms with Gasteiger partial charge in [-0.25, -0.2) is 9.78 Å². The summed E-state index contributed by atoms with van der Waals surface area (Å²) in [5.74, 6) is 1.41. The number of aromatic amines is 1. The molecule has 1 atom stereocenters. The van der Waals surface area contributed by atoms with E-state index in [4.69, 9.17) is 9.72 Å². The Hall–Kier alpha value is -2.04. The highest BCUT2D eigenvalue weighted by molar-refractivity contribution is 5.74. The molecule has 1 aliphatic heterocycles. The number of nitrogens with zero attached hydrogens (tertiary/aromatic N) is 2. The molecule has 1 N–H and O–H groups in total. The molecule has 0 spiro atoms. The average Bonchev–Trinajstić information content (AvgIpc) is 2.74. The second-order valence-electron chi connectivity index (χ2n) is 7.23. The predicted octanol–water partition coefficient (Wildman–Crippen LogP) is 4.07. The minimum absolute atomic E-state index is 0.206. The molecule has 2 aromatic rings. The summed E-state index contributed by atoms with van der Waals surface area (Å²) in [6.07, 6.45) is 2.72. The summed E-state index contributed by atoms with van der Waals surface area (Å²) in [5, 5.41) is 0. The number of hydrogen-bond acceptors (Lipinski definition) is 3. The predicted molar refractivity (Wildman–Crippen MR) is 90.5 cm³/mol. The van der Waals surface area contributed by atoms with Crippen molar-refractivity contribution in [3.05, 3.63) is 30.1 Å². The number of rotatable bonds is 1. The second-order valence-corrected chi connectivity index (χ2v) is 7.23. The third-order valence-electron chi connectivity index (χ3n) is 4.17. The summed E-state index contributed by atoms with van der Waals surface area (Å²) in [7, 11) is 0. The topological polar surface area (TPSA) is 58.2 Å². The molecule has 1 aromatic heterocycles. The number of amides is 1. The van der Waals surface area contributed by atoms with E-state index in [1.807, 2.05) is 43.9 Å². The molecule has 1 aromatic carbocycles. The molecule has 23 heavy (non-hydrogen) atoms. The number of ether oxygens (including phenoxy) is 1. The largest absolute Gasteiger partial charge is 0.444 e. The second kappa shape index (κ2) is 6.22. The summed E-state index contributed by atoms with van der Waals surface area (Å²) in [4.78, 5) is 22.2. The Morgan fingerprint density at radius 1 is 1.26 bits per heavy atom. The van der Waals surface area contributed by atoms with E-state index < -0.39 is 5.60 Å². The summed E-state index contributed by atoms with van der Waals surface area (Å²) < 4.78 is 5.49. The molecule has 1 saturated heterocycles. The van der Waals surface area contributed by atoms with E-state index in [2.05, 4.69) is 11.1 Å². The van der Waals surface area contributed by atoms with Crippen LogP contribution >= 0.6 is 0 Å². The lowest BCUT2D eigenvalue weighted by Crippen LogP contribution is -2.37. The molecule has 5 nitrogen and oxygen atoms in total. The van der Waals surface area contributed by atoms with Crippen molar-refractivity contribution in [3.8, 4) is 0 Å². The molecule has 3 rings (SSSR count). The van der Waals surface area contributed by atoms with Gasteiger partial charge in [-0.05, 0) is 52.2 Å². The van der Waals surface area contributed by atoms with Crippen molar-refractivity contribution < 1.29 is 9.53 Å². The van der Waals surface area contributed by atoms with E-state index in [1.54, 1.807) is 0 Å². The quantitative estimate of drug-likeness (QED) is 0.863. The molecule has 1 aliphatic rings. The molecular weight excluding hydrogens is 290 g/mol. The van der Waals surface area contributed by atoms with Gasteiger partial charge in [0.1, 0.15) is 11.4 Å². The van der Waals surface area contributed by atoms with Gasteiger partial charge in [-0.15, -0.1) is 0 Å². The van der Waals surface area contributed by atoms with Gasteiger partial charge < -0.3 is 14.6 Å². The fraction of sp³-hybridized carbons (Fsp3) is 0.556. The highest BCUT2D eigenvalue weighted by Crippen LogP contribution is 2.28. The first-order chi connectivity index (χ1) is 10.9. The van der Waals surface area contributed by atoms with Gasteiger partial charge in [0.2, 0.25) is 0 Å². The van der Waals surface area contributed by atoms with Crippen LogP contribution in [0.5, 0.6) is 0 Å². The van der Waals surface area contributed by atoms with Crippen molar-refractivity contribution in [2.75, 3.05) is 13.1 Å². The molecule has 0 saturated carbocycles. The number of carbonyl (C=O) groups is 1. The van der Waals surface area contributed by atoms with Gasteiger partial charge in [0.15, 0.2) is 0 Å². The average molecular weight is 315 g/mol. The maximum Gasteiger partial charge on any atom is 0.410 e. The summed E-state index contributed by atoms with van der Waals surface area (Å²) in [5.41, 5.74) is 1.65. The molecule has 1 fully saturated rings. The van der Waals surface area contributed by atoms with Crippen LogP contribution in [0.1, 0.15) is 51.8 Å². The normalized spacial score (nSPS) is 19.6. The number of H-pyrrole nitrogens is 1. The molecular formula is C18H25N3O2. The van der Waals surface area contributed by atoms with Crippen LogP contribution in [0.4, 0.5) is 4.79 Å². The van der Waals surface area contributed by atoms with Crippen LogP contribution in [0.15, 0.2) is 24.3 Å². The zero-order chi connectivity index (χ0) is 16.4. The van der Waals surface area contributed by atoms with Gasteiger partial charge in [0.05, 0.1) is 11.0 Å². The Kier molecular flexibility index (Phi) is 4.28. The maximum absolute atomic E-state index is 12.2. The zero-order valence-electron chi connectivity index (χ0n) is 14.1. The van der Waals surface area contributed by atoms with Gasteiger partial charge in [-0.1, -0.05) is 12.1 Å². The van der Waals surface area contributed by atoms with Gasteiger partial charge in [-0.3, -0.25) is 0 Å². The lowest BCUT2D eigenvalue weighted by atomic mass is 10.0. The minimum atomic E-state index is -0.443. The van der Waals surface area contributed by atoms with Crippen LogP contribution in [0.2, 0.25) is 0 Å². The number of benzene rings is 1. The Bertz CT molecular complexity index is 654. The van der Waals surface area contributed by atoms with Crippen molar-refractivity contribution in [2.45, 2.75) is 51.6 Å². The van der Waals surface area contributed by atoms with E-state index in [1.165, 1.54) is 0 Å². The van der Waals surface area contributed by atoms with Crippen molar-refractivity contribution in [2.24, 2.45) is 0 Å². The summed E-state index contributed by atoms with van der Waals surface area (Å²) in [6, 6.07) is 8.10. The van der Waals surface area contributed by atoms with E-state index in [-0.39, 0.29) is 6.09 Å². The van der Waals surface area contributed by atoms with Gasteiger partial charge in [0.25, 0.3) is 0 Å².